The molecule has 0 atom stereocenters. The maximum absolute atomic E-state index is 13.7. The number of rotatable bonds is 6. The topological polar surface area (TPSA) is 88.0 Å². The number of carbonyl (C=O) groups excluding carboxylic acids is 1. The number of carbonyl (C=O) groups is 1. The Hall–Kier alpha value is -4.28. The number of nitrogens with one attached hydrogen (secondary N) is 2. The molecule has 3 aromatic heterocycles. The Bertz CT molecular complexity index is 1800. The number of furan rings is 1. The monoisotopic (exact) mass is 543 g/mol. The van der Waals surface area contributed by atoms with Crippen LogP contribution in [0.15, 0.2) is 57.7 Å². The van der Waals surface area contributed by atoms with Gasteiger partial charge in [-0.25, -0.2) is 13.8 Å². The van der Waals surface area contributed by atoms with E-state index >= 15 is 0 Å². The predicted molar refractivity (Wildman–Crippen MR) is 137 cm³/mol. The number of amides is 1. The number of hydrogen-bond acceptors (Lipinski definition) is 4. The Morgan fingerprint density at radius 2 is 1.85 bits per heavy atom. The molecule has 0 unspecified atom stereocenters. The van der Waals surface area contributed by atoms with Crippen molar-refractivity contribution in [3.05, 3.63) is 76.0 Å². The molecule has 0 bridgehead atoms. The van der Waals surface area contributed by atoms with Crippen molar-refractivity contribution in [2.45, 2.75) is 38.4 Å². The van der Waals surface area contributed by atoms with E-state index < -0.39 is 48.5 Å². The first kappa shape index (κ1) is 26.3. The predicted octanol–water partition coefficient (Wildman–Crippen LogP) is 6.60. The summed E-state index contributed by atoms with van der Waals surface area (Å²) in [6, 6.07) is 11.4. The van der Waals surface area contributed by atoms with Crippen LogP contribution >= 0.6 is 0 Å². The van der Waals surface area contributed by atoms with Crippen molar-refractivity contribution in [2.75, 3.05) is 6.67 Å². The average molecular weight is 543 g/mol. The summed E-state index contributed by atoms with van der Waals surface area (Å²) in [7, 11) is 0. The molecule has 0 aliphatic heterocycles. The summed E-state index contributed by atoms with van der Waals surface area (Å²) >= 11 is 0. The van der Waals surface area contributed by atoms with Crippen LogP contribution in [0.1, 0.15) is 36.3 Å². The van der Waals surface area contributed by atoms with Crippen LogP contribution in [-0.2, 0) is 6.42 Å². The fraction of sp³-hybridized carbons (Fsp3) is 0.250. The van der Waals surface area contributed by atoms with E-state index in [0.717, 1.165) is 6.07 Å². The molecule has 5 rings (SSSR count). The van der Waals surface area contributed by atoms with Gasteiger partial charge in [0.25, 0.3) is 11.5 Å². The zero-order valence-electron chi connectivity index (χ0n) is 20.8. The minimum absolute atomic E-state index is 0.0484. The molecule has 5 aromatic rings. The van der Waals surface area contributed by atoms with Gasteiger partial charge in [-0.2, -0.15) is 13.2 Å². The highest BCUT2D eigenvalue weighted by molar-refractivity contribution is 6.13. The van der Waals surface area contributed by atoms with Crippen LogP contribution in [0.5, 0.6) is 0 Å². The van der Waals surface area contributed by atoms with E-state index in [9.17, 15) is 31.5 Å². The first-order chi connectivity index (χ1) is 18.3. The summed E-state index contributed by atoms with van der Waals surface area (Å²) in [4.78, 5) is 32.7. The number of fused-ring (bicyclic) bond motifs is 5. The number of H-pyrrole nitrogens is 1. The lowest BCUT2D eigenvalue weighted by Crippen LogP contribution is -2.45. The first-order valence-corrected chi connectivity index (χ1v) is 12.0. The fourth-order valence-electron chi connectivity index (χ4n) is 4.42. The molecule has 11 heteroatoms. The lowest BCUT2D eigenvalue weighted by atomic mass is 9.97. The van der Waals surface area contributed by atoms with E-state index in [1.807, 2.05) is 0 Å². The van der Waals surface area contributed by atoms with Crippen LogP contribution in [0, 0.1) is 5.82 Å². The third kappa shape index (κ3) is 5.21. The molecule has 0 fully saturated rings. The quantitative estimate of drug-likeness (QED) is 0.236. The third-order valence-electron chi connectivity index (χ3n) is 6.33. The maximum Gasteiger partial charge on any atom is 0.389 e. The minimum Gasteiger partial charge on any atom is -0.437 e. The molecular formula is C28H22F5N3O3. The van der Waals surface area contributed by atoms with E-state index in [4.69, 9.17) is 4.42 Å². The molecule has 2 N–H and O–H groups in total. The van der Waals surface area contributed by atoms with Gasteiger partial charge < -0.3 is 14.7 Å². The normalized spacial score (nSPS) is 12.5. The van der Waals surface area contributed by atoms with E-state index in [-0.39, 0.29) is 44.4 Å². The van der Waals surface area contributed by atoms with Gasteiger partial charge in [0, 0.05) is 22.9 Å². The van der Waals surface area contributed by atoms with Gasteiger partial charge in [0.2, 0.25) is 5.71 Å². The highest BCUT2D eigenvalue weighted by Crippen LogP contribution is 2.36. The summed E-state index contributed by atoms with van der Waals surface area (Å²) in [5, 5.41) is 3.33. The summed E-state index contributed by atoms with van der Waals surface area (Å²) in [5.74, 6) is -1.13. The molecule has 0 spiro atoms. The lowest BCUT2D eigenvalue weighted by molar-refractivity contribution is -0.134. The van der Waals surface area contributed by atoms with Crippen molar-refractivity contribution in [2.24, 2.45) is 0 Å². The smallest absolute Gasteiger partial charge is 0.389 e. The van der Waals surface area contributed by atoms with Crippen LogP contribution in [0.2, 0.25) is 0 Å². The van der Waals surface area contributed by atoms with E-state index in [1.165, 1.54) is 44.2 Å². The van der Waals surface area contributed by atoms with Crippen molar-refractivity contribution in [3.63, 3.8) is 0 Å². The third-order valence-corrected chi connectivity index (χ3v) is 6.33. The number of halogens is 5. The number of benzene rings is 2. The Labute approximate surface area is 217 Å². The summed E-state index contributed by atoms with van der Waals surface area (Å²) in [6.45, 7) is 2.23. The Balaban J connectivity index is 1.72. The van der Waals surface area contributed by atoms with E-state index in [0.29, 0.717) is 10.9 Å². The van der Waals surface area contributed by atoms with Gasteiger partial charge in [0.05, 0.1) is 27.5 Å². The van der Waals surface area contributed by atoms with Crippen LogP contribution in [0.3, 0.4) is 0 Å². The fourth-order valence-corrected chi connectivity index (χ4v) is 4.42. The van der Waals surface area contributed by atoms with E-state index in [1.54, 1.807) is 12.1 Å². The van der Waals surface area contributed by atoms with Gasteiger partial charge in [-0.1, -0.05) is 12.1 Å². The maximum atomic E-state index is 13.7. The van der Waals surface area contributed by atoms with Gasteiger partial charge in [-0.3, -0.25) is 9.59 Å². The Kier molecular flexibility index (Phi) is 6.40. The molecule has 6 nitrogen and oxygen atoms in total. The van der Waals surface area contributed by atoms with Crippen LogP contribution in [0.25, 0.3) is 44.1 Å². The van der Waals surface area contributed by atoms with Crippen molar-refractivity contribution in [1.29, 1.82) is 0 Å². The molecule has 0 aliphatic rings. The van der Waals surface area contributed by atoms with Gasteiger partial charge in [-0.05, 0) is 62.2 Å². The van der Waals surface area contributed by atoms with Crippen LogP contribution < -0.4 is 10.9 Å². The highest BCUT2D eigenvalue weighted by Gasteiger charge is 2.29. The number of aryl methyl sites for hydroxylation is 1. The van der Waals surface area contributed by atoms with Gasteiger partial charge in [0.1, 0.15) is 12.5 Å². The number of alkyl halides is 4. The molecule has 1 amide bonds. The number of hydrogen-bond donors (Lipinski definition) is 2. The van der Waals surface area contributed by atoms with Crippen molar-refractivity contribution in [3.8, 4) is 11.1 Å². The zero-order valence-corrected chi connectivity index (χ0v) is 20.8. The van der Waals surface area contributed by atoms with Gasteiger partial charge in [-0.15, -0.1) is 0 Å². The first-order valence-electron chi connectivity index (χ1n) is 12.0. The molecule has 2 aromatic carbocycles. The van der Waals surface area contributed by atoms with Gasteiger partial charge >= 0.3 is 6.18 Å². The van der Waals surface area contributed by atoms with Crippen molar-refractivity contribution >= 4 is 38.9 Å². The summed E-state index contributed by atoms with van der Waals surface area (Å²) < 4.78 is 72.3. The molecule has 0 radical (unpaired) electrons. The van der Waals surface area contributed by atoms with Crippen LogP contribution in [-0.4, -0.2) is 34.3 Å². The largest absolute Gasteiger partial charge is 0.437 e. The molecule has 3 heterocycles. The molecule has 0 saturated heterocycles. The highest BCUT2D eigenvalue weighted by atomic mass is 19.4. The summed E-state index contributed by atoms with van der Waals surface area (Å²) in [5.41, 5.74) is -0.574. The number of aromatic amines is 1. The second kappa shape index (κ2) is 9.48. The molecule has 39 heavy (non-hydrogen) atoms. The van der Waals surface area contributed by atoms with E-state index in [2.05, 4.69) is 15.3 Å². The lowest BCUT2D eigenvalue weighted by Gasteiger charge is -2.22. The molecule has 202 valence electrons. The van der Waals surface area contributed by atoms with Crippen molar-refractivity contribution < 1.29 is 31.2 Å². The standard InChI is InChI=1S/C28H22F5N3O3/c1-27(2,13-29)36-24(37)15-5-3-4-14(10-15)18-12-19-22-23(17-7-6-16(30)11-21(17)34-25(22)38)39-26(19)35-20(18)8-9-28(31,32)33/h3-7,10-12H,8-9,13H2,1-2H3,(H,34,38)(H,36,37). The second-order valence-electron chi connectivity index (χ2n) is 9.95. The SMILES string of the molecule is CC(C)(CF)NC(=O)c1cccc(-c2cc3c(nc2CCC(F)(F)F)oc2c4ccc(F)cc4[nH]c(=O)c32)c1. The number of pyridine rings is 2. The van der Waals surface area contributed by atoms with Crippen LogP contribution in [0.4, 0.5) is 22.0 Å². The van der Waals surface area contributed by atoms with Crippen molar-refractivity contribution in [1.82, 2.24) is 15.3 Å². The molecule has 0 aliphatic carbocycles. The Morgan fingerprint density at radius 3 is 2.56 bits per heavy atom. The Morgan fingerprint density at radius 1 is 1.08 bits per heavy atom. The summed E-state index contributed by atoms with van der Waals surface area (Å²) in [6.07, 6.45) is -6.11. The molecular weight excluding hydrogens is 521 g/mol. The number of aromatic nitrogens is 2. The minimum atomic E-state index is -4.46. The zero-order chi connectivity index (χ0) is 28.1. The number of nitrogens with zero attached hydrogens (tertiary/aromatic N) is 1. The molecule has 0 saturated carbocycles. The van der Waals surface area contributed by atoms with Gasteiger partial charge in [0.15, 0.2) is 5.58 Å². The second-order valence-corrected chi connectivity index (χ2v) is 9.95. The average Bonchev–Trinajstić information content (AvgIpc) is 3.25.